The molecule has 2 saturated heterocycles. The van der Waals surface area contributed by atoms with Crippen molar-refractivity contribution in [2.45, 2.75) is 39.2 Å². The van der Waals surface area contributed by atoms with Crippen molar-refractivity contribution in [3.8, 4) is 0 Å². The predicted molar refractivity (Wildman–Crippen MR) is 171 cm³/mol. The highest BCUT2D eigenvalue weighted by atomic mass is 79.9. The van der Waals surface area contributed by atoms with Crippen molar-refractivity contribution >= 4 is 56.6 Å². The molecule has 3 aromatic rings. The fraction of sp³-hybridized carbons (Fsp3) is 0.333. The van der Waals surface area contributed by atoms with Crippen molar-refractivity contribution in [1.82, 2.24) is 10.2 Å². The summed E-state index contributed by atoms with van der Waals surface area (Å²) in [5, 5.41) is 5.22. The lowest BCUT2D eigenvalue weighted by Gasteiger charge is -2.36. The van der Waals surface area contributed by atoms with Gasteiger partial charge < -0.3 is 25.3 Å². The molecule has 1 unspecified atom stereocenters. The number of para-hydroxylation sites is 1. The Morgan fingerprint density at radius 1 is 0.860 bits per heavy atom. The molecule has 0 saturated carbocycles. The van der Waals surface area contributed by atoms with Gasteiger partial charge >= 0.3 is 11.8 Å². The molecule has 4 amide bonds. The van der Waals surface area contributed by atoms with Gasteiger partial charge in [-0.2, -0.15) is 0 Å². The van der Waals surface area contributed by atoms with Crippen molar-refractivity contribution in [2.75, 3.05) is 47.8 Å². The maximum atomic E-state index is 13.3. The Morgan fingerprint density at radius 2 is 1.51 bits per heavy atom. The first-order chi connectivity index (χ1) is 20.7. The first kappa shape index (κ1) is 30.3. The van der Waals surface area contributed by atoms with Crippen LogP contribution in [0.5, 0.6) is 0 Å². The lowest BCUT2D eigenvalue weighted by atomic mass is 10.0. The van der Waals surface area contributed by atoms with Gasteiger partial charge in [0.05, 0.1) is 6.42 Å². The summed E-state index contributed by atoms with van der Waals surface area (Å²) in [6.45, 7) is 7.36. The van der Waals surface area contributed by atoms with Gasteiger partial charge in [-0.05, 0) is 79.8 Å². The van der Waals surface area contributed by atoms with Crippen LogP contribution < -0.4 is 20.4 Å². The molecule has 9 nitrogen and oxygen atoms in total. The number of carbonyl (C=O) groups is 4. The molecule has 0 aromatic heterocycles. The number of carbonyl (C=O) groups excluding carboxylic acids is 4. The molecule has 2 N–H and O–H groups in total. The largest absolute Gasteiger partial charge is 0.368 e. The maximum Gasteiger partial charge on any atom is 0.313 e. The van der Waals surface area contributed by atoms with Crippen LogP contribution in [0.4, 0.5) is 17.1 Å². The lowest BCUT2D eigenvalue weighted by Crippen LogP contribution is -2.54. The van der Waals surface area contributed by atoms with E-state index in [1.54, 1.807) is 29.2 Å². The van der Waals surface area contributed by atoms with E-state index >= 15 is 0 Å². The highest BCUT2D eigenvalue weighted by Gasteiger charge is 2.33. The van der Waals surface area contributed by atoms with Gasteiger partial charge in [0.25, 0.3) is 0 Å². The molecule has 2 aliphatic heterocycles. The van der Waals surface area contributed by atoms with Gasteiger partial charge in [0.15, 0.2) is 0 Å². The van der Waals surface area contributed by atoms with Gasteiger partial charge in [-0.15, -0.1) is 0 Å². The standard InChI is InChI=1S/C33H36BrN5O4/c1-22-19-25(34)20-23(2)30(22)39-14-6-9-28(33(39)43)36-32(42)31(41)35-26-12-10-24(11-13-26)21-29(40)38-17-15-37(16-18-38)27-7-4-3-5-8-27/h3-5,7-8,10-13,19-20,28H,6,9,14-18,21H2,1-2H3,(H,35,41)(H,36,42). The van der Waals surface area contributed by atoms with Gasteiger partial charge in [0.2, 0.25) is 11.8 Å². The zero-order valence-corrected chi connectivity index (χ0v) is 26.0. The lowest BCUT2D eigenvalue weighted by molar-refractivity contribution is -0.138. The SMILES string of the molecule is Cc1cc(Br)cc(C)c1N1CCCC(NC(=O)C(=O)Nc2ccc(CC(=O)N3CCN(c4ccccc4)CC3)cc2)C1=O. The summed E-state index contributed by atoms with van der Waals surface area (Å²) in [5.41, 5.74) is 5.18. The maximum absolute atomic E-state index is 13.3. The van der Waals surface area contributed by atoms with E-state index in [1.165, 1.54) is 5.69 Å². The first-order valence-electron chi connectivity index (χ1n) is 14.6. The van der Waals surface area contributed by atoms with Crippen molar-refractivity contribution in [3.63, 3.8) is 0 Å². The number of rotatable bonds is 6. The normalized spacial score (nSPS) is 17.0. The molecule has 43 heavy (non-hydrogen) atoms. The Hall–Kier alpha value is -4.18. The van der Waals surface area contributed by atoms with Crippen LogP contribution in [0.15, 0.2) is 71.2 Å². The van der Waals surface area contributed by atoms with Gasteiger partial charge in [-0.3, -0.25) is 19.2 Å². The zero-order chi connectivity index (χ0) is 30.5. The Labute approximate surface area is 260 Å². The first-order valence-corrected chi connectivity index (χ1v) is 15.4. The number of hydrogen-bond donors (Lipinski definition) is 2. The number of piperazine rings is 1. The number of benzene rings is 3. The minimum absolute atomic E-state index is 0.0589. The van der Waals surface area contributed by atoms with Crippen molar-refractivity contribution in [1.29, 1.82) is 0 Å². The minimum atomic E-state index is -0.863. The second-order valence-corrected chi connectivity index (χ2v) is 12.0. The van der Waals surface area contributed by atoms with E-state index < -0.39 is 17.9 Å². The molecule has 1 atom stereocenters. The molecule has 0 aliphatic carbocycles. The molecular weight excluding hydrogens is 610 g/mol. The number of halogens is 1. The van der Waals surface area contributed by atoms with Crippen LogP contribution in [0.2, 0.25) is 0 Å². The smallest absolute Gasteiger partial charge is 0.313 e. The van der Waals surface area contributed by atoms with E-state index in [4.69, 9.17) is 0 Å². The number of amides is 4. The summed E-state index contributed by atoms with van der Waals surface area (Å²) in [6.07, 6.45) is 1.43. The van der Waals surface area contributed by atoms with Crippen LogP contribution in [-0.4, -0.2) is 67.3 Å². The molecule has 0 bridgehead atoms. The fourth-order valence-corrected chi connectivity index (χ4v) is 6.50. The molecule has 2 fully saturated rings. The van der Waals surface area contributed by atoms with E-state index in [0.717, 1.165) is 39.9 Å². The number of hydrogen-bond acceptors (Lipinski definition) is 5. The highest BCUT2D eigenvalue weighted by molar-refractivity contribution is 9.10. The second kappa shape index (κ2) is 13.4. The van der Waals surface area contributed by atoms with E-state index in [-0.39, 0.29) is 18.2 Å². The van der Waals surface area contributed by atoms with E-state index in [2.05, 4.69) is 43.6 Å². The Balaban J connectivity index is 1.11. The van der Waals surface area contributed by atoms with E-state index in [1.807, 2.05) is 49.1 Å². The van der Waals surface area contributed by atoms with Crippen molar-refractivity contribution in [2.24, 2.45) is 0 Å². The fourth-order valence-electron chi connectivity index (χ4n) is 5.82. The number of piperidine rings is 1. The Bertz CT molecular complexity index is 1480. The molecule has 2 aliphatic rings. The third kappa shape index (κ3) is 7.25. The molecule has 2 heterocycles. The van der Waals surface area contributed by atoms with E-state index in [0.29, 0.717) is 38.2 Å². The van der Waals surface area contributed by atoms with Crippen LogP contribution in [0.3, 0.4) is 0 Å². The Morgan fingerprint density at radius 3 is 2.16 bits per heavy atom. The van der Waals surface area contributed by atoms with Gasteiger partial charge in [-0.1, -0.05) is 46.3 Å². The molecule has 3 aromatic carbocycles. The molecular formula is C33H36BrN5O4. The number of anilines is 3. The summed E-state index contributed by atoms with van der Waals surface area (Å²) in [5.74, 6) is -1.88. The summed E-state index contributed by atoms with van der Waals surface area (Å²) >= 11 is 3.49. The van der Waals surface area contributed by atoms with Gasteiger partial charge in [0, 0.05) is 54.3 Å². The second-order valence-electron chi connectivity index (χ2n) is 11.1. The van der Waals surface area contributed by atoms with Crippen LogP contribution >= 0.6 is 15.9 Å². The average molecular weight is 647 g/mol. The quantitative estimate of drug-likeness (QED) is 0.391. The highest BCUT2D eigenvalue weighted by Crippen LogP contribution is 2.31. The molecule has 0 spiro atoms. The van der Waals surface area contributed by atoms with E-state index in [9.17, 15) is 19.2 Å². The van der Waals surface area contributed by atoms with Crippen molar-refractivity contribution < 1.29 is 19.2 Å². The third-order valence-corrected chi connectivity index (χ3v) is 8.45. The van der Waals surface area contributed by atoms with Crippen LogP contribution in [0.25, 0.3) is 0 Å². The molecule has 10 heteroatoms. The summed E-state index contributed by atoms with van der Waals surface area (Å²) in [7, 11) is 0. The molecule has 5 rings (SSSR count). The summed E-state index contributed by atoms with van der Waals surface area (Å²) < 4.78 is 0.939. The number of nitrogens with zero attached hydrogens (tertiary/aromatic N) is 3. The summed E-state index contributed by atoms with van der Waals surface area (Å²) in [6, 6.07) is 20.2. The van der Waals surface area contributed by atoms with Crippen LogP contribution in [-0.2, 0) is 25.6 Å². The van der Waals surface area contributed by atoms with Gasteiger partial charge in [0.1, 0.15) is 6.04 Å². The Kier molecular flexibility index (Phi) is 9.45. The van der Waals surface area contributed by atoms with Gasteiger partial charge in [-0.25, -0.2) is 0 Å². The average Bonchev–Trinajstić information content (AvgIpc) is 3.00. The van der Waals surface area contributed by atoms with Crippen LogP contribution in [0.1, 0.15) is 29.5 Å². The predicted octanol–water partition coefficient (Wildman–Crippen LogP) is 4.21. The van der Waals surface area contributed by atoms with Crippen LogP contribution in [0, 0.1) is 13.8 Å². The van der Waals surface area contributed by atoms with Crippen molar-refractivity contribution in [3.05, 3.63) is 87.9 Å². The zero-order valence-electron chi connectivity index (χ0n) is 24.4. The minimum Gasteiger partial charge on any atom is -0.368 e. The number of nitrogens with one attached hydrogen (secondary N) is 2. The topological polar surface area (TPSA) is 102 Å². The number of aryl methyl sites for hydroxylation is 2. The molecule has 224 valence electrons. The third-order valence-electron chi connectivity index (χ3n) is 8.00. The monoisotopic (exact) mass is 645 g/mol. The summed E-state index contributed by atoms with van der Waals surface area (Å²) in [4.78, 5) is 57.4. The molecule has 0 radical (unpaired) electrons.